The average molecular weight is 641 g/mol. The number of H-pyrrole nitrogens is 1. The predicted octanol–water partition coefficient (Wildman–Crippen LogP) is -2.65. The highest BCUT2D eigenvalue weighted by molar-refractivity contribution is 7.47. The van der Waals surface area contributed by atoms with Crippen molar-refractivity contribution in [1.29, 1.82) is 0 Å². The lowest BCUT2D eigenvalue weighted by molar-refractivity contribution is -0.117. The molecule has 0 radical (unpaired) electrons. The van der Waals surface area contributed by atoms with Crippen molar-refractivity contribution >= 4 is 41.9 Å². The summed E-state index contributed by atoms with van der Waals surface area (Å²) in [7, 11) is -3.45. The lowest BCUT2D eigenvalue weighted by Gasteiger charge is -2.29. The number of hydrogen-bond acceptors (Lipinski definition) is 17. The average Bonchev–Trinajstić information content (AvgIpc) is 3.73. The van der Waals surface area contributed by atoms with Crippen molar-refractivity contribution in [3.63, 3.8) is 0 Å². The number of aliphatic hydroxyl groups excluding tert-OH is 4. The zero-order valence-electron chi connectivity index (χ0n) is 23.0. The number of ether oxygens (including phenoxy) is 2. The van der Waals surface area contributed by atoms with Crippen LogP contribution in [0.1, 0.15) is 19.4 Å². The highest BCUT2D eigenvalue weighted by Gasteiger charge is 2.54. The first-order valence-corrected chi connectivity index (χ1v) is 14.6. The predicted molar refractivity (Wildman–Crippen MR) is 146 cm³/mol. The summed E-state index contributed by atoms with van der Waals surface area (Å²) in [6.07, 6.45) is -6.63. The second-order valence-electron chi connectivity index (χ2n) is 10.4. The molecule has 4 aromatic rings. The molecule has 238 valence electrons. The first-order chi connectivity index (χ1) is 20.9. The van der Waals surface area contributed by atoms with E-state index in [-0.39, 0.29) is 22.8 Å². The van der Waals surface area contributed by atoms with Crippen molar-refractivity contribution in [3.05, 3.63) is 29.3 Å². The molecule has 0 saturated carbocycles. The molecule has 21 nitrogen and oxygen atoms in total. The third-order valence-electron chi connectivity index (χ3n) is 7.49. The van der Waals surface area contributed by atoms with Crippen LogP contribution in [0.25, 0.3) is 22.3 Å². The maximum absolute atomic E-state index is 13.2. The van der Waals surface area contributed by atoms with Crippen LogP contribution >= 0.6 is 7.82 Å². The fourth-order valence-electron chi connectivity index (χ4n) is 5.22. The maximum atomic E-state index is 13.2. The molecule has 4 aromatic heterocycles. The van der Waals surface area contributed by atoms with Crippen LogP contribution in [0.5, 0.6) is 0 Å². The summed E-state index contributed by atoms with van der Waals surface area (Å²) in [5, 5.41) is 45.1. The number of nitrogen functional groups attached to an aromatic ring is 1. The number of phosphoric acid groups is 1. The fourth-order valence-corrected chi connectivity index (χ4v) is 6.24. The Morgan fingerprint density at radius 2 is 1.82 bits per heavy atom. The van der Waals surface area contributed by atoms with Crippen molar-refractivity contribution in [2.24, 2.45) is 0 Å². The van der Waals surface area contributed by atoms with Crippen LogP contribution in [-0.4, -0.2) is 121 Å². The molecule has 0 bridgehead atoms. The molecule has 2 saturated heterocycles. The van der Waals surface area contributed by atoms with Gasteiger partial charge in [-0.25, -0.2) is 24.5 Å². The van der Waals surface area contributed by atoms with E-state index in [1.54, 1.807) is 7.05 Å². The van der Waals surface area contributed by atoms with E-state index in [2.05, 4.69) is 35.2 Å². The molecule has 44 heavy (non-hydrogen) atoms. The topological polar surface area (TPSA) is 300 Å². The van der Waals surface area contributed by atoms with Crippen LogP contribution in [0.2, 0.25) is 0 Å². The zero-order valence-corrected chi connectivity index (χ0v) is 23.9. The monoisotopic (exact) mass is 640 g/mol. The minimum Gasteiger partial charge on any atom is -0.394 e. The molecule has 22 heteroatoms. The van der Waals surface area contributed by atoms with Gasteiger partial charge in [0.1, 0.15) is 48.0 Å². The molecule has 6 heterocycles. The van der Waals surface area contributed by atoms with E-state index in [4.69, 9.17) is 24.3 Å². The number of anilines is 2. The van der Waals surface area contributed by atoms with Crippen LogP contribution in [0.3, 0.4) is 0 Å². The minimum atomic E-state index is -5.09. The molecule has 2 aliphatic rings. The van der Waals surface area contributed by atoms with Gasteiger partial charge in [-0.3, -0.25) is 28.0 Å². The van der Waals surface area contributed by atoms with Crippen LogP contribution in [-0.2, 0) is 23.1 Å². The third-order valence-corrected chi connectivity index (χ3v) is 8.45. The smallest absolute Gasteiger partial charge is 0.394 e. The van der Waals surface area contributed by atoms with Crippen LogP contribution in [0.4, 0.5) is 11.8 Å². The van der Waals surface area contributed by atoms with Gasteiger partial charge in [-0.05, 0) is 6.92 Å². The lowest BCUT2D eigenvalue weighted by atomic mass is 9.99. The van der Waals surface area contributed by atoms with E-state index in [0.717, 1.165) is 10.9 Å². The maximum Gasteiger partial charge on any atom is 0.472 e. The third kappa shape index (κ3) is 5.01. The van der Waals surface area contributed by atoms with Crippen molar-refractivity contribution in [1.82, 2.24) is 39.0 Å². The number of aromatic nitrogens is 8. The first kappa shape index (κ1) is 30.4. The molecule has 0 amide bonds. The minimum absolute atomic E-state index is 0.0847. The Morgan fingerprint density at radius 3 is 2.52 bits per heavy atom. The Bertz CT molecular complexity index is 1800. The summed E-state index contributed by atoms with van der Waals surface area (Å²) in [6.45, 7) is -0.118. The standard InChI is InChI=1S/C22H29N10O11P/c1-22(14(36)12(35)19(42-22)31-6-27-9-15(24-2)25-5-26-16(9)31)4-40-44(38,39)43-13-11(34)8(3-33)41-20(13)32-7-28-10-17(32)29-21(23)30-18(10)37/h5-8,11-14,19-20,33-36H,3-4H2,1-2H3,(H,38,39)(H,24,25,26)(H3,23,29,30,37)/t8-,11-,12-,13-,14+,19-,20-,22?/m1/s1. The highest BCUT2D eigenvalue weighted by atomic mass is 31.2. The van der Waals surface area contributed by atoms with Gasteiger partial charge >= 0.3 is 7.82 Å². The molecule has 6 rings (SSSR count). The van der Waals surface area contributed by atoms with Gasteiger partial charge in [0, 0.05) is 7.05 Å². The fraction of sp³-hybridized carbons (Fsp3) is 0.545. The largest absolute Gasteiger partial charge is 0.472 e. The molecule has 0 spiro atoms. The molecular formula is C22H29N10O11P. The summed E-state index contributed by atoms with van der Waals surface area (Å²) in [5.74, 6) is 0.165. The van der Waals surface area contributed by atoms with Gasteiger partial charge in [-0.1, -0.05) is 0 Å². The van der Waals surface area contributed by atoms with Crippen LogP contribution in [0.15, 0.2) is 23.8 Å². The van der Waals surface area contributed by atoms with Gasteiger partial charge in [0.15, 0.2) is 35.1 Å². The lowest BCUT2D eigenvalue weighted by Crippen LogP contribution is -2.44. The second-order valence-corrected chi connectivity index (χ2v) is 11.8. The van der Waals surface area contributed by atoms with Gasteiger partial charge in [0.2, 0.25) is 5.95 Å². The Morgan fingerprint density at radius 1 is 1.11 bits per heavy atom. The van der Waals surface area contributed by atoms with Gasteiger partial charge in [-0.2, -0.15) is 4.98 Å². The summed E-state index contributed by atoms with van der Waals surface area (Å²) >= 11 is 0. The second kappa shape index (κ2) is 11.1. The number of fused-ring (bicyclic) bond motifs is 2. The summed E-state index contributed by atoms with van der Waals surface area (Å²) in [4.78, 5) is 45.6. The number of imidazole rings is 2. The number of rotatable bonds is 9. The van der Waals surface area contributed by atoms with Gasteiger partial charge in [0.25, 0.3) is 5.56 Å². The van der Waals surface area contributed by atoms with E-state index < -0.39 is 75.2 Å². The number of aliphatic hydroxyl groups is 4. The van der Waals surface area contributed by atoms with E-state index in [0.29, 0.717) is 11.3 Å². The van der Waals surface area contributed by atoms with Crippen LogP contribution in [0, 0.1) is 0 Å². The van der Waals surface area contributed by atoms with E-state index in [1.165, 1.54) is 24.1 Å². The van der Waals surface area contributed by atoms with Gasteiger partial charge in [-0.15, -0.1) is 0 Å². The Kier molecular flexibility index (Phi) is 7.65. The summed E-state index contributed by atoms with van der Waals surface area (Å²) < 4.78 is 37.8. The van der Waals surface area contributed by atoms with Crippen LogP contribution < -0.4 is 16.6 Å². The van der Waals surface area contributed by atoms with Crippen molar-refractivity contribution in [2.45, 2.75) is 55.5 Å². The Hall–Kier alpha value is -3.63. The number of nitrogens with two attached hydrogens (primary N) is 1. The molecule has 2 fully saturated rings. The SMILES string of the molecule is CNc1ncnc2c1ncn2[C@@H]1OC(C)(COP(=O)(O)O[C@@H]2[C@H](O)[C@@H](CO)O[C@H]2n2cnc3c(=O)[nH]c(N)nc32)[C@@H](O)[C@H]1O. The number of phosphoric ester groups is 1. The Labute approximate surface area is 245 Å². The molecule has 2 aliphatic heterocycles. The summed E-state index contributed by atoms with van der Waals surface area (Å²) in [6, 6.07) is 0. The molecule has 9 N–H and O–H groups in total. The van der Waals surface area contributed by atoms with Crippen molar-refractivity contribution in [2.75, 3.05) is 31.3 Å². The first-order valence-electron chi connectivity index (χ1n) is 13.1. The molecule has 9 atom stereocenters. The van der Waals surface area contributed by atoms with Crippen molar-refractivity contribution in [3.8, 4) is 0 Å². The molecule has 2 unspecified atom stereocenters. The normalized spacial score (nSPS) is 32.0. The van der Waals surface area contributed by atoms with Gasteiger partial charge in [0.05, 0.1) is 25.9 Å². The molecule has 0 aromatic carbocycles. The molecular weight excluding hydrogens is 611 g/mol. The quantitative estimate of drug-likeness (QED) is 0.0866. The summed E-state index contributed by atoms with van der Waals surface area (Å²) in [5.41, 5.74) is 3.66. The number of aromatic amines is 1. The van der Waals surface area contributed by atoms with Crippen molar-refractivity contribution < 1.29 is 48.4 Å². The number of hydrogen-bond donors (Lipinski definition) is 8. The Balaban J connectivity index is 1.21. The van der Waals surface area contributed by atoms with Gasteiger partial charge < -0.3 is 45.8 Å². The van der Waals surface area contributed by atoms with E-state index in [9.17, 15) is 34.7 Å². The van der Waals surface area contributed by atoms with E-state index in [1.807, 2.05) is 0 Å². The highest BCUT2D eigenvalue weighted by Crippen LogP contribution is 2.51. The number of nitrogens with zero attached hydrogens (tertiary/aromatic N) is 7. The molecule has 0 aliphatic carbocycles. The number of nitrogens with one attached hydrogen (secondary N) is 2. The van der Waals surface area contributed by atoms with E-state index >= 15 is 0 Å². The zero-order chi connectivity index (χ0) is 31.6.